The van der Waals surface area contributed by atoms with Crippen molar-refractivity contribution in [2.75, 3.05) is 11.9 Å². The molecule has 0 bridgehead atoms. The van der Waals surface area contributed by atoms with Gasteiger partial charge in [0.15, 0.2) is 11.5 Å². The fourth-order valence-corrected chi connectivity index (χ4v) is 4.19. The number of rotatable bonds is 9. The lowest BCUT2D eigenvalue weighted by molar-refractivity contribution is -0.112. The highest BCUT2D eigenvalue weighted by Crippen LogP contribution is 2.35. The van der Waals surface area contributed by atoms with Crippen LogP contribution in [0.2, 0.25) is 5.02 Å². The molecule has 0 atom stereocenters. The summed E-state index contributed by atoms with van der Waals surface area (Å²) in [5, 5.41) is 13.0. The Morgan fingerprint density at radius 3 is 2.50 bits per heavy atom. The lowest BCUT2D eigenvalue weighted by Gasteiger charge is -2.15. The molecule has 3 rings (SSSR count). The van der Waals surface area contributed by atoms with E-state index in [0.717, 1.165) is 15.6 Å². The van der Waals surface area contributed by atoms with Gasteiger partial charge in [0.2, 0.25) is 0 Å². The molecular formula is C27H24ClIN2O3. The van der Waals surface area contributed by atoms with Gasteiger partial charge in [-0.25, -0.2) is 0 Å². The minimum atomic E-state index is -0.471. The quantitative estimate of drug-likeness (QED) is 0.166. The monoisotopic (exact) mass is 586 g/mol. The maximum atomic E-state index is 12.7. The van der Waals surface area contributed by atoms with Crippen LogP contribution in [-0.4, -0.2) is 12.5 Å². The van der Waals surface area contributed by atoms with Gasteiger partial charge in [0.25, 0.3) is 5.91 Å². The summed E-state index contributed by atoms with van der Waals surface area (Å²) < 4.78 is 12.6. The molecule has 5 nitrogen and oxygen atoms in total. The third-order valence-electron chi connectivity index (χ3n) is 4.90. The van der Waals surface area contributed by atoms with Crippen LogP contribution in [-0.2, 0) is 17.8 Å². The number of benzene rings is 3. The van der Waals surface area contributed by atoms with E-state index in [0.29, 0.717) is 41.0 Å². The van der Waals surface area contributed by atoms with Crippen molar-refractivity contribution in [2.45, 2.75) is 26.9 Å². The minimum absolute atomic E-state index is 0.00888. The summed E-state index contributed by atoms with van der Waals surface area (Å²) in [4.78, 5) is 12.7. The third-order valence-corrected chi connectivity index (χ3v) is 5.94. The average molecular weight is 587 g/mol. The molecule has 34 heavy (non-hydrogen) atoms. The normalized spacial score (nSPS) is 11.0. The van der Waals surface area contributed by atoms with Gasteiger partial charge in [0, 0.05) is 10.7 Å². The Labute approximate surface area is 218 Å². The standard InChI is InChI=1S/C27H24ClIN2O3/c1-3-18-8-10-23(11-9-18)31-27(32)21(16-30)12-20-14-24(29)26(25(15-20)33-4-2)34-17-19-6-5-7-22(28)13-19/h5-15H,3-4,17H2,1-2H3,(H,31,32)/b21-12+. The fourth-order valence-electron chi connectivity index (χ4n) is 3.19. The number of aryl methyl sites for hydroxylation is 1. The van der Waals surface area contributed by atoms with E-state index in [1.807, 2.05) is 67.6 Å². The second-order valence-electron chi connectivity index (χ2n) is 7.36. The first kappa shape index (κ1) is 25.6. The smallest absolute Gasteiger partial charge is 0.266 e. The van der Waals surface area contributed by atoms with Gasteiger partial charge in [0.1, 0.15) is 18.2 Å². The van der Waals surface area contributed by atoms with Gasteiger partial charge in [-0.3, -0.25) is 4.79 Å². The summed E-state index contributed by atoms with van der Waals surface area (Å²) in [5.41, 5.74) is 3.40. The van der Waals surface area contributed by atoms with E-state index in [1.54, 1.807) is 12.1 Å². The Balaban J connectivity index is 1.82. The molecule has 0 aliphatic rings. The fraction of sp³-hybridized carbons (Fsp3) is 0.185. The Hall–Kier alpha value is -3.02. The van der Waals surface area contributed by atoms with E-state index in [-0.39, 0.29) is 5.57 Å². The predicted octanol–water partition coefficient (Wildman–Crippen LogP) is 7.03. The Morgan fingerprint density at radius 2 is 1.85 bits per heavy atom. The van der Waals surface area contributed by atoms with Crippen LogP contribution in [0.5, 0.6) is 11.5 Å². The summed E-state index contributed by atoms with van der Waals surface area (Å²) in [6.07, 6.45) is 2.46. The molecule has 0 aromatic heterocycles. The predicted molar refractivity (Wildman–Crippen MR) is 144 cm³/mol. The molecular weight excluding hydrogens is 563 g/mol. The number of nitrogens with zero attached hydrogens (tertiary/aromatic N) is 1. The van der Waals surface area contributed by atoms with Crippen LogP contribution in [0.15, 0.2) is 66.2 Å². The number of anilines is 1. The van der Waals surface area contributed by atoms with Crippen molar-refractivity contribution in [2.24, 2.45) is 0 Å². The van der Waals surface area contributed by atoms with Crippen LogP contribution in [0.1, 0.15) is 30.5 Å². The van der Waals surface area contributed by atoms with Crippen LogP contribution >= 0.6 is 34.2 Å². The van der Waals surface area contributed by atoms with Crippen molar-refractivity contribution >= 4 is 51.9 Å². The first-order valence-electron chi connectivity index (χ1n) is 10.8. The lowest BCUT2D eigenvalue weighted by Crippen LogP contribution is -2.13. The number of hydrogen-bond donors (Lipinski definition) is 1. The van der Waals surface area contributed by atoms with Gasteiger partial charge in [-0.1, -0.05) is 42.8 Å². The minimum Gasteiger partial charge on any atom is -0.490 e. The Morgan fingerprint density at radius 1 is 1.09 bits per heavy atom. The SMILES string of the molecule is CCOc1cc(/C=C(\C#N)C(=O)Nc2ccc(CC)cc2)cc(I)c1OCc1cccc(Cl)c1. The molecule has 0 heterocycles. The number of carbonyl (C=O) groups is 1. The molecule has 0 unspecified atom stereocenters. The van der Waals surface area contributed by atoms with Crippen molar-refractivity contribution in [1.29, 1.82) is 5.26 Å². The summed E-state index contributed by atoms with van der Waals surface area (Å²) in [6, 6.07) is 20.6. The van der Waals surface area contributed by atoms with Crippen LogP contribution in [0, 0.1) is 14.9 Å². The van der Waals surface area contributed by atoms with Crippen molar-refractivity contribution in [1.82, 2.24) is 0 Å². The van der Waals surface area contributed by atoms with Crippen LogP contribution in [0.4, 0.5) is 5.69 Å². The van der Waals surface area contributed by atoms with Crippen LogP contribution < -0.4 is 14.8 Å². The number of halogens is 2. The molecule has 0 aliphatic carbocycles. The van der Waals surface area contributed by atoms with E-state index in [1.165, 1.54) is 5.56 Å². The van der Waals surface area contributed by atoms with Crippen molar-refractivity contribution in [3.05, 3.63) is 91.5 Å². The number of hydrogen-bond acceptors (Lipinski definition) is 4. The van der Waals surface area contributed by atoms with Crippen molar-refractivity contribution in [3.63, 3.8) is 0 Å². The van der Waals surface area contributed by atoms with E-state index in [4.69, 9.17) is 21.1 Å². The first-order chi connectivity index (χ1) is 16.4. The van der Waals surface area contributed by atoms with Crippen LogP contribution in [0.25, 0.3) is 6.08 Å². The molecule has 1 amide bonds. The number of carbonyl (C=O) groups excluding carboxylic acids is 1. The molecule has 0 fully saturated rings. The van der Waals surface area contributed by atoms with Crippen molar-refractivity contribution < 1.29 is 14.3 Å². The summed E-state index contributed by atoms with van der Waals surface area (Å²) >= 11 is 8.22. The van der Waals surface area contributed by atoms with Crippen molar-refractivity contribution in [3.8, 4) is 17.6 Å². The van der Waals surface area contributed by atoms with E-state index in [2.05, 4.69) is 34.8 Å². The maximum Gasteiger partial charge on any atom is 0.266 e. The molecule has 3 aromatic rings. The zero-order valence-electron chi connectivity index (χ0n) is 18.9. The second-order valence-corrected chi connectivity index (χ2v) is 8.95. The molecule has 3 aromatic carbocycles. The average Bonchev–Trinajstić information content (AvgIpc) is 2.82. The van der Waals surface area contributed by atoms with Gasteiger partial charge in [-0.05, 0) is 95.1 Å². The summed E-state index contributed by atoms with van der Waals surface area (Å²) in [5.74, 6) is 0.662. The molecule has 0 aliphatic heterocycles. The van der Waals surface area contributed by atoms with E-state index >= 15 is 0 Å². The third kappa shape index (κ3) is 6.99. The topological polar surface area (TPSA) is 71.3 Å². The zero-order valence-corrected chi connectivity index (χ0v) is 21.8. The highest BCUT2D eigenvalue weighted by Gasteiger charge is 2.15. The van der Waals surface area contributed by atoms with Gasteiger partial charge >= 0.3 is 0 Å². The molecule has 0 saturated carbocycles. The number of nitrogens with one attached hydrogen (secondary N) is 1. The number of amides is 1. The molecule has 174 valence electrons. The summed E-state index contributed by atoms with van der Waals surface area (Å²) in [7, 11) is 0. The Bertz CT molecular complexity index is 1230. The molecule has 0 saturated heterocycles. The lowest BCUT2D eigenvalue weighted by atomic mass is 10.1. The van der Waals surface area contributed by atoms with E-state index in [9.17, 15) is 10.1 Å². The molecule has 0 spiro atoms. The van der Waals surface area contributed by atoms with Gasteiger partial charge in [0.05, 0.1) is 10.2 Å². The van der Waals surface area contributed by atoms with Crippen LogP contribution in [0.3, 0.4) is 0 Å². The summed E-state index contributed by atoms with van der Waals surface area (Å²) in [6.45, 7) is 4.72. The van der Waals surface area contributed by atoms with Gasteiger partial charge in [-0.15, -0.1) is 0 Å². The number of nitriles is 1. The Kier molecular flexibility index (Phi) is 9.37. The maximum absolute atomic E-state index is 12.7. The van der Waals surface area contributed by atoms with Gasteiger partial charge in [-0.2, -0.15) is 5.26 Å². The highest BCUT2D eigenvalue weighted by atomic mass is 127. The largest absolute Gasteiger partial charge is 0.490 e. The van der Waals surface area contributed by atoms with Gasteiger partial charge < -0.3 is 14.8 Å². The first-order valence-corrected chi connectivity index (χ1v) is 12.2. The second kappa shape index (κ2) is 12.4. The zero-order chi connectivity index (χ0) is 24.5. The number of ether oxygens (including phenoxy) is 2. The molecule has 1 N–H and O–H groups in total. The molecule has 0 radical (unpaired) electrons. The van der Waals surface area contributed by atoms with E-state index < -0.39 is 5.91 Å². The highest BCUT2D eigenvalue weighted by molar-refractivity contribution is 14.1. The molecule has 7 heteroatoms.